The summed E-state index contributed by atoms with van der Waals surface area (Å²) in [5.74, 6) is 0.266. The van der Waals surface area contributed by atoms with Crippen LogP contribution in [-0.4, -0.2) is 31.7 Å². The van der Waals surface area contributed by atoms with Crippen molar-refractivity contribution in [3.8, 4) is 11.4 Å². The van der Waals surface area contributed by atoms with Gasteiger partial charge in [-0.2, -0.15) is 5.10 Å². The van der Waals surface area contributed by atoms with Gasteiger partial charge in [-0.25, -0.2) is 19.0 Å². The van der Waals surface area contributed by atoms with Gasteiger partial charge in [-0.3, -0.25) is 4.79 Å². The van der Waals surface area contributed by atoms with E-state index in [0.29, 0.717) is 5.75 Å². The van der Waals surface area contributed by atoms with E-state index in [1.54, 1.807) is 24.4 Å². The van der Waals surface area contributed by atoms with Gasteiger partial charge in [-0.15, -0.1) is 0 Å². The second-order valence-corrected chi connectivity index (χ2v) is 9.44. The number of hydrogen-bond acceptors (Lipinski definition) is 5. The molecule has 1 amide bonds. The van der Waals surface area contributed by atoms with Crippen LogP contribution >= 0.6 is 22.6 Å². The first-order valence-corrected chi connectivity index (χ1v) is 11.8. The third kappa shape index (κ3) is 5.71. The van der Waals surface area contributed by atoms with Crippen LogP contribution < -0.4 is 15.3 Å². The van der Waals surface area contributed by atoms with Gasteiger partial charge in [0.2, 0.25) is 10.0 Å². The third-order valence-electron chi connectivity index (χ3n) is 4.48. The highest BCUT2D eigenvalue weighted by atomic mass is 127. The van der Waals surface area contributed by atoms with Gasteiger partial charge in [0.15, 0.2) is 6.61 Å². The van der Waals surface area contributed by atoms with Gasteiger partial charge in [0.1, 0.15) is 5.75 Å². The number of carbonyl (C=O) groups is 1. The van der Waals surface area contributed by atoms with E-state index in [0.717, 1.165) is 26.2 Å². The molecule has 3 aromatic rings. The number of ether oxygens (including phenoxy) is 1. The lowest BCUT2D eigenvalue weighted by atomic mass is 10.2. The molecule has 0 bridgehead atoms. The van der Waals surface area contributed by atoms with Crippen LogP contribution in [0.5, 0.6) is 5.75 Å². The Kier molecular flexibility index (Phi) is 7.13. The van der Waals surface area contributed by atoms with Gasteiger partial charge in [0.05, 0.1) is 14.7 Å². The van der Waals surface area contributed by atoms with Crippen LogP contribution in [0.4, 0.5) is 0 Å². The summed E-state index contributed by atoms with van der Waals surface area (Å²) in [6.07, 6.45) is 1.56. The average Bonchev–Trinajstić information content (AvgIpc) is 3.00. The molecule has 0 atom stereocenters. The summed E-state index contributed by atoms with van der Waals surface area (Å²) in [6, 6.07) is 15.6. The minimum atomic E-state index is -3.74. The Morgan fingerprint density at radius 3 is 2.52 bits per heavy atom. The standard InChI is InChI=1S/C21H21IN4O4S/c1-14-11-16(12-24-25-21(27)13-30-20-6-4-3-5-19(20)22)15(2)26(14)17-7-9-18(10-8-17)31(23,28)29/h3-12H,13H2,1-2H3,(H,25,27)(H2,23,28,29)/b24-12+. The number of aromatic nitrogens is 1. The maximum Gasteiger partial charge on any atom is 0.277 e. The molecule has 0 fully saturated rings. The molecular weight excluding hydrogens is 531 g/mol. The first kappa shape index (κ1) is 23.0. The van der Waals surface area contributed by atoms with Gasteiger partial charge in [0.25, 0.3) is 5.91 Å². The molecule has 10 heteroatoms. The highest BCUT2D eigenvalue weighted by Gasteiger charge is 2.12. The smallest absolute Gasteiger partial charge is 0.277 e. The van der Waals surface area contributed by atoms with E-state index in [9.17, 15) is 13.2 Å². The van der Waals surface area contributed by atoms with Crippen LogP contribution in [0.2, 0.25) is 0 Å². The fourth-order valence-corrected chi connectivity index (χ4v) is 4.07. The van der Waals surface area contributed by atoms with Gasteiger partial charge in [0, 0.05) is 22.6 Å². The molecule has 3 rings (SSSR count). The number of amides is 1. The number of hydrazone groups is 1. The number of aryl methyl sites for hydroxylation is 1. The van der Waals surface area contributed by atoms with Crippen LogP contribution in [0.25, 0.3) is 5.69 Å². The summed E-state index contributed by atoms with van der Waals surface area (Å²) in [7, 11) is -3.74. The monoisotopic (exact) mass is 552 g/mol. The van der Waals surface area contributed by atoms with Crippen molar-refractivity contribution in [2.75, 3.05) is 6.61 Å². The SMILES string of the molecule is Cc1cc(/C=N/NC(=O)COc2ccccc2I)c(C)n1-c1ccc(S(N)(=O)=O)cc1. The van der Waals surface area contributed by atoms with Crippen LogP contribution in [-0.2, 0) is 14.8 Å². The minimum Gasteiger partial charge on any atom is -0.483 e. The van der Waals surface area contributed by atoms with Crippen LogP contribution in [0.3, 0.4) is 0 Å². The van der Waals surface area contributed by atoms with E-state index in [2.05, 4.69) is 33.1 Å². The molecule has 0 aliphatic heterocycles. The largest absolute Gasteiger partial charge is 0.483 e. The van der Waals surface area contributed by atoms with Crippen molar-refractivity contribution in [3.63, 3.8) is 0 Å². The number of carbonyl (C=O) groups excluding carboxylic acids is 1. The van der Waals surface area contributed by atoms with Crippen molar-refractivity contribution in [1.82, 2.24) is 9.99 Å². The van der Waals surface area contributed by atoms with E-state index in [4.69, 9.17) is 9.88 Å². The number of nitrogens with two attached hydrogens (primary N) is 1. The molecular formula is C21H21IN4O4S. The first-order valence-electron chi connectivity index (χ1n) is 9.18. The summed E-state index contributed by atoms with van der Waals surface area (Å²) in [6.45, 7) is 3.68. The third-order valence-corrected chi connectivity index (χ3v) is 6.30. The van der Waals surface area contributed by atoms with Crippen molar-refractivity contribution in [2.45, 2.75) is 18.7 Å². The lowest BCUT2D eigenvalue weighted by molar-refractivity contribution is -0.123. The zero-order chi connectivity index (χ0) is 22.6. The molecule has 31 heavy (non-hydrogen) atoms. The Morgan fingerprint density at radius 2 is 1.87 bits per heavy atom. The summed E-state index contributed by atoms with van der Waals surface area (Å²) in [4.78, 5) is 12.0. The normalized spacial score (nSPS) is 11.6. The van der Waals surface area contributed by atoms with E-state index in [1.807, 2.05) is 42.7 Å². The van der Waals surface area contributed by atoms with Crippen molar-refractivity contribution in [2.24, 2.45) is 10.2 Å². The number of para-hydroxylation sites is 1. The minimum absolute atomic E-state index is 0.0515. The second-order valence-electron chi connectivity index (χ2n) is 6.71. The van der Waals surface area contributed by atoms with Gasteiger partial charge >= 0.3 is 0 Å². The quantitative estimate of drug-likeness (QED) is 0.267. The molecule has 0 unspecified atom stereocenters. The molecule has 0 saturated carbocycles. The second kappa shape index (κ2) is 9.62. The van der Waals surface area contributed by atoms with Crippen LogP contribution in [0.1, 0.15) is 17.0 Å². The Labute approximate surface area is 194 Å². The Bertz CT molecular complexity index is 1230. The molecule has 1 heterocycles. The van der Waals surface area contributed by atoms with E-state index >= 15 is 0 Å². The molecule has 1 aromatic heterocycles. The lowest BCUT2D eigenvalue weighted by Gasteiger charge is -2.10. The maximum absolute atomic E-state index is 12.0. The molecule has 3 N–H and O–H groups in total. The van der Waals surface area contributed by atoms with Crippen molar-refractivity contribution < 1.29 is 17.9 Å². The zero-order valence-corrected chi connectivity index (χ0v) is 19.8. The Hall–Kier alpha value is -2.70. The number of nitrogens with zero attached hydrogens (tertiary/aromatic N) is 2. The predicted molar refractivity (Wildman–Crippen MR) is 127 cm³/mol. The van der Waals surface area contributed by atoms with Gasteiger partial charge in [-0.1, -0.05) is 12.1 Å². The van der Waals surface area contributed by atoms with E-state index in [-0.39, 0.29) is 17.4 Å². The van der Waals surface area contributed by atoms with Crippen molar-refractivity contribution in [1.29, 1.82) is 0 Å². The number of halogens is 1. The van der Waals surface area contributed by atoms with E-state index < -0.39 is 10.0 Å². The summed E-state index contributed by atoms with van der Waals surface area (Å²) in [5, 5.41) is 9.17. The van der Waals surface area contributed by atoms with Crippen LogP contribution in [0.15, 0.2) is 64.6 Å². The number of rotatable bonds is 7. The summed E-state index contributed by atoms with van der Waals surface area (Å²) >= 11 is 2.14. The Morgan fingerprint density at radius 1 is 1.19 bits per heavy atom. The Balaban J connectivity index is 1.67. The molecule has 0 aliphatic rings. The van der Waals surface area contributed by atoms with Crippen molar-refractivity contribution in [3.05, 3.63) is 75.1 Å². The average molecular weight is 552 g/mol. The maximum atomic E-state index is 12.0. The number of hydrogen-bond donors (Lipinski definition) is 2. The van der Waals surface area contributed by atoms with Gasteiger partial charge in [-0.05, 0) is 78.9 Å². The number of primary sulfonamides is 1. The lowest BCUT2D eigenvalue weighted by Crippen LogP contribution is -2.24. The fraction of sp³-hybridized carbons (Fsp3) is 0.143. The first-order chi connectivity index (χ1) is 14.7. The number of nitrogens with one attached hydrogen (secondary N) is 1. The fourth-order valence-electron chi connectivity index (χ4n) is 3.01. The highest BCUT2D eigenvalue weighted by Crippen LogP contribution is 2.21. The molecule has 0 saturated heterocycles. The molecule has 162 valence electrons. The van der Waals surface area contributed by atoms with Gasteiger partial charge < -0.3 is 9.30 Å². The highest BCUT2D eigenvalue weighted by molar-refractivity contribution is 14.1. The molecule has 0 radical (unpaired) electrons. The number of benzene rings is 2. The number of sulfonamides is 1. The molecule has 0 aliphatic carbocycles. The van der Waals surface area contributed by atoms with Crippen LogP contribution in [0, 0.1) is 17.4 Å². The summed E-state index contributed by atoms with van der Waals surface area (Å²) in [5.41, 5.74) is 5.86. The molecule has 8 nitrogen and oxygen atoms in total. The molecule has 0 spiro atoms. The topological polar surface area (TPSA) is 116 Å². The summed E-state index contributed by atoms with van der Waals surface area (Å²) < 4.78 is 31.3. The molecule has 2 aromatic carbocycles. The zero-order valence-electron chi connectivity index (χ0n) is 16.9. The van der Waals surface area contributed by atoms with E-state index in [1.165, 1.54) is 12.1 Å². The van der Waals surface area contributed by atoms with Crippen molar-refractivity contribution >= 4 is 44.7 Å². The predicted octanol–water partition coefficient (Wildman–Crippen LogP) is 2.88.